The predicted molar refractivity (Wildman–Crippen MR) is 80.4 cm³/mol. The zero-order valence-electron chi connectivity index (χ0n) is 10.7. The first-order chi connectivity index (χ1) is 9.85. The van der Waals surface area contributed by atoms with Crippen molar-refractivity contribution in [2.75, 3.05) is 5.32 Å². The number of aromatic nitrogens is 1. The number of benzene rings is 1. The summed E-state index contributed by atoms with van der Waals surface area (Å²) in [6.45, 7) is 0. The van der Waals surface area contributed by atoms with Gasteiger partial charge in [0.25, 0.3) is 0 Å². The van der Waals surface area contributed by atoms with Gasteiger partial charge in [0.1, 0.15) is 0 Å². The van der Waals surface area contributed by atoms with Crippen LogP contribution < -0.4 is 5.32 Å². The summed E-state index contributed by atoms with van der Waals surface area (Å²) in [7, 11) is 0. The van der Waals surface area contributed by atoms with E-state index in [1.165, 1.54) is 6.20 Å². The highest BCUT2D eigenvalue weighted by molar-refractivity contribution is 9.10. The summed E-state index contributed by atoms with van der Waals surface area (Å²) in [5.74, 6) is 0. The predicted octanol–water partition coefficient (Wildman–Crippen LogP) is 5.60. The maximum Gasteiger partial charge on any atom is 0.391 e. The fourth-order valence-corrected chi connectivity index (χ4v) is 2.37. The summed E-state index contributed by atoms with van der Waals surface area (Å²) in [6.07, 6.45) is -3.81. The maximum atomic E-state index is 12.8. The van der Waals surface area contributed by atoms with Gasteiger partial charge in [-0.1, -0.05) is 41.9 Å². The summed E-state index contributed by atoms with van der Waals surface area (Å²) in [5.41, 5.74) is 0.884. The lowest BCUT2D eigenvalue weighted by Gasteiger charge is -2.22. The fourth-order valence-electron chi connectivity index (χ4n) is 1.88. The Morgan fingerprint density at radius 3 is 2.52 bits per heavy atom. The molecule has 0 aliphatic heterocycles. The smallest absolute Gasteiger partial charge is 0.375 e. The van der Waals surface area contributed by atoms with Crippen molar-refractivity contribution < 1.29 is 13.2 Å². The van der Waals surface area contributed by atoms with Crippen molar-refractivity contribution >= 4 is 33.2 Å². The van der Waals surface area contributed by atoms with Crippen molar-refractivity contribution in [3.8, 4) is 0 Å². The van der Waals surface area contributed by atoms with Crippen LogP contribution in [0.4, 0.5) is 18.9 Å². The van der Waals surface area contributed by atoms with Crippen LogP contribution >= 0.6 is 27.5 Å². The lowest BCUT2D eigenvalue weighted by molar-refractivity contribution is -0.137. The Bertz CT molecular complexity index is 605. The number of nitrogens with zero attached hydrogens (tertiary/aromatic N) is 1. The molecule has 1 N–H and O–H groups in total. The first kappa shape index (κ1) is 16.1. The van der Waals surface area contributed by atoms with E-state index in [0.29, 0.717) is 15.7 Å². The number of pyridine rings is 1. The highest BCUT2D eigenvalue weighted by Gasteiger charge is 2.33. The van der Waals surface area contributed by atoms with Crippen LogP contribution in [0, 0.1) is 0 Å². The molecule has 0 amide bonds. The van der Waals surface area contributed by atoms with Crippen LogP contribution in [0.5, 0.6) is 0 Å². The Hall–Kier alpha value is -1.27. The van der Waals surface area contributed by atoms with Crippen LogP contribution in [0.15, 0.2) is 47.1 Å². The Kier molecular flexibility index (Phi) is 5.11. The van der Waals surface area contributed by atoms with Crippen molar-refractivity contribution in [3.05, 3.63) is 57.8 Å². The minimum Gasteiger partial charge on any atom is -0.375 e. The van der Waals surface area contributed by atoms with Gasteiger partial charge in [-0.2, -0.15) is 13.2 Å². The van der Waals surface area contributed by atoms with Gasteiger partial charge in [-0.15, -0.1) is 0 Å². The molecule has 2 rings (SSSR count). The molecular formula is C14H11BrClF3N2. The van der Waals surface area contributed by atoms with E-state index in [0.717, 1.165) is 0 Å². The third-order valence-corrected chi connectivity index (χ3v) is 3.51. The Labute approximate surface area is 133 Å². The second kappa shape index (κ2) is 6.66. The quantitative estimate of drug-likeness (QED) is 0.699. The molecule has 0 radical (unpaired) electrons. The summed E-state index contributed by atoms with van der Waals surface area (Å²) < 4.78 is 39.0. The highest BCUT2D eigenvalue weighted by atomic mass is 79.9. The van der Waals surface area contributed by atoms with Crippen molar-refractivity contribution in [2.45, 2.75) is 18.6 Å². The lowest BCUT2D eigenvalue weighted by Crippen LogP contribution is -2.20. The van der Waals surface area contributed by atoms with Gasteiger partial charge in [-0.3, -0.25) is 0 Å². The zero-order valence-corrected chi connectivity index (χ0v) is 13.0. The monoisotopic (exact) mass is 378 g/mol. The molecule has 7 heteroatoms. The highest BCUT2D eigenvalue weighted by Crippen LogP contribution is 2.34. The zero-order chi connectivity index (χ0) is 15.5. The van der Waals surface area contributed by atoms with Crippen LogP contribution in [-0.4, -0.2) is 11.2 Å². The first-order valence-corrected chi connectivity index (χ1v) is 7.21. The average Bonchev–Trinajstić information content (AvgIpc) is 2.42. The SMILES string of the molecule is FC(F)(F)CC(Nc1cc(Br)cnc1Cl)c1ccccc1. The molecule has 2 nitrogen and oxygen atoms in total. The number of rotatable bonds is 4. The van der Waals surface area contributed by atoms with E-state index in [9.17, 15) is 13.2 Å². The third-order valence-electron chi connectivity index (χ3n) is 2.77. The molecule has 1 aromatic heterocycles. The average molecular weight is 380 g/mol. The Morgan fingerprint density at radius 2 is 1.90 bits per heavy atom. The van der Waals surface area contributed by atoms with Crippen LogP contribution in [0.1, 0.15) is 18.0 Å². The van der Waals surface area contributed by atoms with E-state index in [1.807, 2.05) is 0 Å². The molecule has 0 aliphatic rings. The number of anilines is 1. The standard InChI is InChI=1S/C14H11BrClF3N2/c15-10-6-11(13(16)20-8-10)21-12(7-14(17,18)19)9-4-2-1-3-5-9/h1-6,8,12,21H,7H2. The topological polar surface area (TPSA) is 24.9 Å². The van der Waals surface area contributed by atoms with E-state index >= 15 is 0 Å². The molecule has 0 fully saturated rings. The van der Waals surface area contributed by atoms with Gasteiger partial charge >= 0.3 is 6.18 Å². The minimum absolute atomic E-state index is 0.126. The van der Waals surface area contributed by atoms with Gasteiger partial charge in [-0.25, -0.2) is 4.98 Å². The fraction of sp³-hybridized carbons (Fsp3) is 0.214. The van der Waals surface area contributed by atoms with Gasteiger partial charge in [-0.05, 0) is 27.6 Å². The molecule has 1 heterocycles. The number of halogens is 5. The van der Waals surface area contributed by atoms with E-state index in [-0.39, 0.29) is 5.15 Å². The van der Waals surface area contributed by atoms with Crippen molar-refractivity contribution in [3.63, 3.8) is 0 Å². The summed E-state index contributed by atoms with van der Waals surface area (Å²) >= 11 is 9.14. The van der Waals surface area contributed by atoms with Gasteiger partial charge in [0.05, 0.1) is 18.2 Å². The van der Waals surface area contributed by atoms with E-state index in [2.05, 4.69) is 26.2 Å². The molecule has 0 saturated heterocycles. The summed E-state index contributed by atoms with van der Waals surface area (Å²) in [5, 5.41) is 2.94. The lowest BCUT2D eigenvalue weighted by atomic mass is 10.0. The maximum absolute atomic E-state index is 12.8. The third kappa shape index (κ3) is 4.89. The largest absolute Gasteiger partial charge is 0.391 e. The summed E-state index contributed by atoms with van der Waals surface area (Å²) in [6, 6.07) is 9.09. The Balaban J connectivity index is 2.30. The molecule has 1 aromatic carbocycles. The van der Waals surface area contributed by atoms with E-state index in [1.54, 1.807) is 36.4 Å². The second-order valence-corrected chi connectivity index (χ2v) is 5.69. The normalized spacial score (nSPS) is 13.0. The number of nitrogens with one attached hydrogen (secondary N) is 1. The van der Waals surface area contributed by atoms with E-state index in [4.69, 9.17) is 11.6 Å². The molecule has 1 atom stereocenters. The van der Waals surface area contributed by atoms with Gasteiger partial charge in [0, 0.05) is 10.7 Å². The minimum atomic E-state index is -4.29. The Morgan fingerprint density at radius 1 is 1.24 bits per heavy atom. The van der Waals surface area contributed by atoms with Crippen LogP contribution in [0.3, 0.4) is 0 Å². The molecule has 0 saturated carbocycles. The summed E-state index contributed by atoms with van der Waals surface area (Å²) in [4.78, 5) is 3.90. The van der Waals surface area contributed by atoms with Gasteiger partial charge < -0.3 is 5.32 Å². The second-order valence-electron chi connectivity index (χ2n) is 4.42. The van der Waals surface area contributed by atoms with Gasteiger partial charge in [0.15, 0.2) is 5.15 Å². The number of alkyl halides is 3. The van der Waals surface area contributed by atoms with E-state index < -0.39 is 18.6 Å². The molecule has 21 heavy (non-hydrogen) atoms. The van der Waals surface area contributed by atoms with Crippen LogP contribution in [0.2, 0.25) is 5.15 Å². The molecule has 0 bridgehead atoms. The van der Waals surface area contributed by atoms with Crippen molar-refractivity contribution in [2.24, 2.45) is 0 Å². The molecule has 0 aliphatic carbocycles. The first-order valence-electron chi connectivity index (χ1n) is 6.04. The van der Waals surface area contributed by atoms with Gasteiger partial charge in [0.2, 0.25) is 0 Å². The molecule has 2 aromatic rings. The molecule has 1 unspecified atom stereocenters. The van der Waals surface area contributed by atoms with Crippen molar-refractivity contribution in [1.29, 1.82) is 0 Å². The number of hydrogen-bond acceptors (Lipinski definition) is 2. The molecule has 0 spiro atoms. The number of hydrogen-bond donors (Lipinski definition) is 1. The van der Waals surface area contributed by atoms with Crippen LogP contribution in [0.25, 0.3) is 0 Å². The molecular weight excluding hydrogens is 369 g/mol. The molecule has 112 valence electrons. The van der Waals surface area contributed by atoms with Crippen molar-refractivity contribution in [1.82, 2.24) is 4.98 Å². The van der Waals surface area contributed by atoms with Crippen LogP contribution in [-0.2, 0) is 0 Å².